The van der Waals surface area contributed by atoms with Crippen LogP contribution in [0.15, 0.2) is 49.1 Å². The van der Waals surface area contributed by atoms with Gasteiger partial charge in [-0.15, -0.1) is 5.10 Å². The fraction of sp³-hybridized carbons (Fsp3) is 0.154. The first-order valence-corrected chi connectivity index (χ1v) is 6.19. The summed E-state index contributed by atoms with van der Waals surface area (Å²) >= 11 is 0. The third-order valence-electron chi connectivity index (χ3n) is 3.19. The molecule has 1 unspecified atom stereocenters. The lowest BCUT2D eigenvalue weighted by molar-refractivity contribution is 0.565. The van der Waals surface area contributed by atoms with Crippen LogP contribution in [0.5, 0.6) is 0 Å². The smallest absolute Gasteiger partial charge is 0.106 e. The second kappa shape index (κ2) is 5.24. The zero-order valence-electron chi connectivity index (χ0n) is 11.0. The Bertz CT molecular complexity index is 686. The summed E-state index contributed by atoms with van der Waals surface area (Å²) < 4.78 is 3.67. The van der Waals surface area contributed by atoms with Crippen LogP contribution in [0, 0.1) is 0 Å². The molecular weight excluding hydrogens is 254 g/mol. The van der Waals surface area contributed by atoms with Gasteiger partial charge in [-0.2, -0.15) is 0 Å². The second-order valence-electron chi connectivity index (χ2n) is 4.44. The summed E-state index contributed by atoms with van der Waals surface area (Å²) in [4.78, 5) is 4.12. The molecule has 20 heavy (non-hydrogen) atoms. The van der Waals surface area contributed by atoms with Crippen molar-refractivity contribution < 1.29 is 0 Å². The highest BCUT2D eigenvalue weighted by Gasteiger charge is 2.21. The van der Waals surface area contributed by atoms with Crippen molar-refractivity contribution in [1.82, 2.24) is 30.0 Å². The van der Waals surface area contributed by atoms with E-state index in [-0.39, 0.29) is 6.04 Å². The van der Waals surface area contributed by atoms with Crippen molar-refractivity contribution in [3.63, 3.8) is 0 Å². The summed E-state index contributed by atoms with van der Waals surface area (Å²) in [5.74, 6) is 5.71. The molecule has 7 nitrogen and oxygen atoms in total. The highest BCUT2D eigenvalue weighted by Crippen LogP contribution is 2.21. The lowest BCUT2D eigenvalue weighted by Gasteiger charge is -2.17. The number of nitrogens with zero attached hydrogens (tertiary/aromatic N) is 5. The van der Waals surface area contributed by atoms with Crippen molar-refractivity contribution in [2.45, 2.75) is 6.04 Å². The maximum absolute atomic E-state index is 5.71. The molecule has 1 atom stereocenters. The molecule has 0 aliphatic heterocycles. The Morgan fingerprint density at radius 1 is 1.15 bits per heavy atom. The monoisotopic (exact) mass is 269 g/mol. The zero-order chi connectivity index (χ0) is 13.9. The van der Waals surface area contributed by atoms with Gasteiger partial charge in [0.05, 0.1) is 35.8 Å². The van der Waals surface area contributed by atoms with Gasteiger partial charge in [-0.05, 0) is 12.1 Å². The number of aromatic nitrogens is 5. The summed E-state index contributed by atoms with van der Waals surface area (Å²) in [6.45, 7) is 0. The minimum Gasteiger partial charge on any atom is -0.336 e. The standard InChI is InChI=1S/C13H15N7/c1-19-9-15-7-11(19)13(17-14)12-8-16-18-20(12)10-5-3-2-4-6-10/h2-9,13,17H,14H2,1H3. The molecule has 0 aliphatic rings. The SMILES string of the molecule is Cn1cncc1C(NN)c1cnnn1-c1ccccc1. The van der Waals surface area contributed by atoms with Crippen LogP contribution in [0.4, 0.5) is 0 Å². The van der Waals surface area contributed by atoms with Gasteiger partial charge >= 0.3 is 0 Å². The Morgan fingerprint density at radius 3 is 2.60 bits per heavy atom. The van der Waals surface area contributed by atoms with Crippen LogP contribution in [0.1, 0.15) is 17.4 Å². The molecule has 0 saturated carbocycles. The number of nitrogens with two attached hydrogens (primary N) is 1. The van der Waals surface area contributed by atoms with Crippen LogP contribution in [0.3, 0.4) is 0 Å². The highest BCUT2D eigenvalue weighted by atomic mass is 15.4. The Balaban J connectivity index is 2.07. The van der Waals surface area contributed by atoms with Crippen molar-refractivity contribution in [2.24, 2.45) is 12.9 Å². The van der Waals surface area contributed by atoms with Gasteiger partial charge in [-0.1, -0.05) is 23.4 Å². The maximum atomic E-state index is 5.71. The normalized spacial score (nSPS) is 12.5. The highest BCUT2D eigenvalue weighted by molar-refractivity contribution is 5.33. The van der Waals surface area contributed by atoms with E-state index in [1.54, 1.807) is 23.4 Å². The van der Waals surface area contributed by atoms with E-state index in [0.29, 0.717) is 0 Å². The Kier molecular flexibility index (Phi) is 3.28. The third-order valence-corrected chi connectivity index (χ3v) is 3.19. The predicted octanol–water partition coefficient (Wildman–Crippen LogP) is 0.553. The Morgan fingerprint density at radius 2 is 1.95 bits per heavy atom. The van der Waals surface area contributed by atoms with E-state index in [0.717, 1.165) is 17.1 Å². The average Bonchev–Trinajstić information content (AvgIpc) is 3.11. The summed E-state index contributed by atoms with van der Waals surface area (Å²) in [7, 11) is 1.92. The predicted molar refractivity (Wildman–Crippen MR) is 73.7 cm³/mol. The molecule has 3 aromatic rings. The van der Waals surface area contributed by atoms with Crippen molar-refractivity contribution in [2.75, 3.05) is 0 Å². The first kappa shape index (κ1) is 12.5. The molecule has 0 amide bonds. The van der Waals surface area contributed by atoms with Crippen LogP contribution in [-0.2, 0) is 7.05 Å². The number of benzene rings is 1. The first-order valence-electron chi connectivity index (χ1n) is 6.19. The van der Waals surface area contributed by atoms with Gasteiger partial charge in [0.2, 0.25) is 0 Å². The van der Waals surface area contributed by atoms with Gasteiger partial charge in [0.15, 0.2) is 0 Å². The molecule has 102 valence electrons. The van der Waals surface area contributed by atoms with Gasteiger partial charge in [-0.3, -0.25) is 5.84 Å². The molecule has 0 aliphatic carbocycles. The first-order chi connectivity index (χ1) is 9.81. The number of imidazole rings is 1. The minimum atomic E-state index is -0.238. The minimum absolute atomic E-state index is 0.238. The van der Waals surface area contributed by atoms with Crippen molar-refractivity contribution >= 4 is 0 Å². The molecule has 2 heterocycles. The molecule has 0 fully saturated rings. The van der Waals surface area contributed by atoms with Gasteiger partial charge in [0.1, 0.15) is 6.04 Å². The topological polar surface area (TPSA) is 86.6 Å². The van der Waals surface area contributed by atoms with Crippen LogP contribution in [-0.4, -0.2) is 24.5 Å². The molecule has 7 heteroatoms. The van der Waals surface area contributed by atoms with Crippen LogP contribution in [0.25, 0.3) is 5.69 Å². The fourth-order valence-electron chi connectivity index (χ4n) is 2.18. The lowest BCUT2D eigenvalue weighted by atomic mass is 10.1. The average molecular weight is 269 g/mol. The second-order valence-corrected chi connectivity index (χ2v) is 4.44. The summed E-state index contributed by atoms with van der Waals surface area (Å²) in [6, 6.07) is 9.56. The van der Waals surface area contributed by atoms with E-state index >= 15 is 0 Å². The van der Waals surface area contributed by atoms with Crippen LogP contribution >= 0.6 is 0 Å². The molecule has 3 rings (SSSR count). The van der Waals surface area contributed by atoms with Gasteiger partial charge in [0, 0.05) is 7.05 Å². The van der Waals surface area contributed by atoms with E-state index in [4.69, 9.17) is 5.84 Å². The van der Waals surface area contributed by atoms with E-state index in [9.17, 15) is 0 Å². The quantitative estimate of drug-likeness (QED) is 0.533. The van der Waals surface area contributed by atoms with E-state index in [1.165, 1.54) is 0 Å². The van der Waals surface area contributed by atoms with E-state index in [1.807, 2.05) is 41.9 Å². The van der Waals surface area contributed by atoms with E-state index in [2.05, 4.69) is 20.7 Å². The van der Waals surface area contributed by atoms with Gasteiger partial charge in [0.25, 0.3) is 0 Å². The lowest BCUT2D eigenvalue weighted by Crippen LogP contribution is -2.31. The molecule has 0 spiro atoms. The number of aryl methyl sites for hydroxylation is 1. The molecular formula is C13H15N7. The van der Waals surface area contributed by atoms with Crippen molar-refractivity contribution in [3.05, 3.63) is 60.4 Å². The zero-order valence-corrected chi connectivity index (χ0v) is 11.0. The molecule has 1 aromatic carbocycles. The van der Waals surface area contributed by atoms with Crippen molar-refractivity contribution in [1.29, 1.82) is 0 Å². The van der Waals surface area contributed by atoms with Crippen LogP contribution in [0.2, 0.25) is 0 Å². The molecule has 0 saturated heterocycles. The summed E-state index contributed by atoms with van der Waals surface area (Å²) in [5, 5.41) is 8.13. The number of hydrazine groups is 1. The molecule has 2 aromatic heterocycles. The number of hydrogen-bond acceptors (Lipinski definition) is 5. The molecule has 3 N–H and O–H groups in total. The van der Waals surface area contributed by atoms with Crippen molar-refractivity contribution in [3.8, 4) is 5.69 Å². The molecule has 0 radical (unpaired) electrons. The van der Waals surface area contributed by atoms with Crippen LogP contribution < -0.4 is 11.3 Å². The number of rotatable bonds is 4. The van der Waals surface area contributed by atoms with Gasteiger partial charge < -0.3 is 4.57 Å². The molecule has 0 bridgehead atoms. The number of nitrogens with one attached hydrogen (secondary N) is 1. The largest absolute Gasteiger partial charge is 0.336 e. The third kappa shape index (κ3) is 2.09. The number of hydrogen-bond donors (Lipinski definition) is 2. The maximum Gasteiger partial charge on any atom is 0.106 e. The number of para-hydroxylation sites is 1. The van der Waals surface area contributed by atoms with E-state index < -0.39 is 0 Å². The fourth-order valence-corrected chi connectivity index (χ4v) is 2.18. The Labute approximate surface area is 116 Å². The Hall–Kier alpha value is -2.51. The summed E-state index contributed by atoms with van der Waals surface area (Å²) in [6.07, 6.45) is 5.20. The van der Waals surface area contributed by atoms with Gasteiger partial charge in [-0.25, -0.2) is 15.1 Å². The summed E-state index contributed by atoms with van der Waals surface area (Å²) in [5.41, 5.74) is 5.52.